The summed E-state index contributed by atoms with van der Waals surface area (Å²) in [5.41, 5.74) is -0.674. The molecule has 2 N–H and O–H groups in total. The summed E-state index contributed by atoms with van der Waals surface area (Å²) in [6, 6.07) is 12.3. The molecule has 2 aromatic carbocycles. The monoisotopic (exact) mass is 407 g/mol. The first-order chi connectivity index (χ1) is 13.3. The molecule has 1 heterocycles. The average molecular weight is 408 g/mol. The minimum absolute atomic E-state index is 0.0431. The Labute approximate surface area is 163 Å². The number of nitrogens with one attached hydrogen (secondary N) is 2. The summed E-state index contributed by atoms with van der Waals surface area (Å²) in [5.74, 6) is 1.03. The van der Waals surface area contributed by atoms with Crippen LogP contribution in [0.3, 0.4) is 0 Å². The number of pyridine rings is 1. The number of aromatic nitrogens is 1. The van der Waals surface area contributed by atoms with E-state index in [0.29, 0.717) is 17.2 Å². The van der Waals surface area contributed by atoms with Crippen molar-refractivity contribution in [1.82, 2.24) is 4.98 Å². The Kier molecular flexibility index (Phi) is 5.70. The smallest absolute Gasteiger partial charge is 0.417 e. The summed E-state index contributed by atoms with van der Waals surface area (Å²) in [4.78, 5) is 16.0. The van der Waals surface area contributed by atoms with Crippen LogP contribution in [0.2, 0.25) is 5.02 Å². The number of hydrogen-bond acceptors (Lipinski definition) is 3. The van der Waals surface area contributed by atoms with E-state index in [-0.39, 0.29) is 5.69 Å². The second-order valence-corrected chi connectivity index (χ2v) is 5.99. The van der Waals surface area contributed by atoms with Crippen molar-refractivity contribution in [2.24, 2.45) is 0 Å². The number of ether oxygens (including phenoxy) is 1. The molecular formula is C19H13ClF3N3O2. The maximum atomic E-state index is 12.9. The molecule has 0 spiro atoms. The van der Waals surface area contributed by atoms with Gasteiger partial charge < -0.3 is 15.4 Å². The van der Waals surface area contributed by atoms with Crippen LogP contribution >= 0.6 is 11.6 Å². The molecule has 3 aromatic rings. The number of benzene rings is 2. The number of rotatable bonds is 4. The van der Waals surface area contributed by atoms with Crippen LogP contribution in [0.5, 0.6) is 11.5 Å². The lowest BCUT2D eigenvalue weighted by Crippen LogP contribution is -2.20. The van der Waals surface area contributed by atoms with Gasteiger partial charge in [-0.05, 0) is 42.5 Å². The van der Waals surface area contributed by atoms with Crippen LogP contribution in [0, 0.1) is 0 Å². The number of hydrogen-bond donors (Lipinski definition) is 2. The van der Waals surface area contributed by atoms with Crippen LogP contribution in [0.25, 0.3) is 0 Å². The molecule has 9 heteroatoms. The zero-order valence-electron chi connectivity index (χ0n) is 14.1. The summed E-state index contributed by atoms with van der Waals surface area (Å²) in [6.07, 6.45) is -1.47. The molecule has 0 saturated heterocycles. The van der Waals surface area contributed by atoms with E-state index in [4.69, 9.17) is 16.3 Å². The highest BCUT2D eigenvalue weighted by molar-refractivity contribution is 6.31. The molecular weight excluding hydrogens is 395 g/mol. The first-order valence-corrected chi connectivity index (χ1v) is 8.32. The normalized spacial score (nSPS) is 11.0. The zero-order valence-corrected chi connectivity index (χ0v) is 14.9. The molecule has 0 bridgehead atoms. The Hall–Kier alpha value is -3.26. The summed E-state index contributed by atoms with van der Waals surface area (Å²) in [5, 5.41) is 4.43. The molecule has 0 saturated carbocycles. The van der Waals surface area contributed by atoms with Crippen LogP contribution in [-0.4, -0.2) is 11.0 Å². The molecule has 0 aliphatic rings. The number of alkyl halides is 3. The molecule has 144 valence electrons. The van der Waals surface area contributed by atoms with Crippen LogP contribution in [0.4, 0.5) is 29.3 Å². The predicted molar refractivity (Wildman–Crippen MR) is 99.8 cm³/mol. The van der Waals surface area contributed by atoms with Gasteiger partial charge in [0.25, 0.3) is 0 Å². The molecule has 0 aliphatic carbocycles. The summed E-state index contributed by atoms with van der Waals surface area (Å²) >= 11 is 5.56. The lowest BCUT2D eigenvalue weighted by atomic mass is 10.2. The second kappa shape index (κ2) is 8.18. The minimum Gasteiger partial charge on any atom is -0.457 e. The van der Waals surface area contributed by atoms with Gasteiger partial charge in [0.2, 0.25) is 0 Å². The third-order valence-electron chi connectivity index (χ3n) is 3.51. The first kappa shape index (κ1) is 19.5. The van der Waals surface area contributed by atoms with Crippen LogP contribution in [0.1, 0.15) is 5.56 Å². The van der Waals surface area contributed by atoms with Crippen molar-refractivity contribution >= 4 is 29.0 Å². The van der Waals surface area contributed by atoms with Crippen LogP contribution in [0.15, 0.2) is 67.0 Å². The van der Waals surface area contributed by atoms with Crippen molar-refractivity contribution in [2.75, 3.05) is 10.6 Å². The number of carbonyl (C=O) groups is 1. The fraction of sp³-hybridized carbons (Fsp3) is 0.0526. The number of nitrogens with zero attached hydrogens (tertiary/aromatic N) is 1. The topological polar surface area (TPSA) is 63.2 Å². The van der Waals surface area contributed by atoms with E-state index in [1.54, 1.807) is 48.8 Å². The molecule has 0 radical (unpaired) electrons. The quantitative estimate of drug-likeness (QED) is 0.542. The van der Waals surface area contributed by atoms with Gasteiger partial charge in [-0.1, -0.05) is 17.7 Å². The number of amides is 2. The Morgan fingerprint density at radius 1 is 0.929 bits per heavy atom. The molecule has 0 fully saturated rings. The summed E-state index contributed by atoms with van der Waals surface area (Å²) in [7, 11) is 0. The van der Waals surface area contributed by atoms with Gasteiger partial charge in [-0.3, -0.25) is 4.98 Å². The van der Waals surface area contributed by atoms with Crippen molar-refractivity contribution in [3.63, 3.8) is 0 Å². The van der Waals surface area contributed by atoms with Crippen LogP contribution in [-0.2, 0) is 6.18 Å². The number of urea groups is 1. The van der Waals surface area contributed by atoms with Crippen molar-refractivity contribution in [1.29, 1.82) is 0 Å². The lowest BCUT2D eigenvalue weighted by Gasteiger charge is -2.13. The van der Waals surface area contributed by atoms with Crippen LogP contribution < -0.4 is 15.4 Å². The standard InChI is InChI=1S/C19H13ClF3N3O2/c20-17-5-4-13(11-16(17)19(21,22)23)26-18(27)25-12-2-1-3-15(10-12)28-14-6-8-24-9-7-14/h1-11H,(H2,25,26,27). The largest absolute Gasteiger partial charge is 0.457 e. The van der Waals surface area contributed by atoms with E-state index < -0.39 is 22.8 Å². The molecule has 2 amide bonds. The molecule has 3 rings (SSSR count). The van der Waals surface area contributed by atoms with E-state index in [2.05, 4.69) is 15.6 Å². The van der Waals surface area contributed by atoms with Gasteiger partial charge in [-0.15, -0.1) is 0 Å². The maximum absolute atomic E-state index is 12.9. The van der Waals surface area contributed by atoms with Crippen molar-refractivity contribution in [2.45, 2.75) is 6.18 Å². The third-order valence-corrected chi connectivity index (χ3v) is 3.84. The van der Waals surface area contributed by atoms with Gasteiger partial charge in [0.15, 0.2) is 0 Å². The Morgan fingerprint density at radius 3 is 2.29 bits per heavy atom. The fourth-order valence-electron chi connectivity index (χ4n) is 2.29. The molecule has 0 atom stereocenters. The molecule has 1 aromatic heterocycles. The summed E-state index contributed by atoms with van der Waals surface area (Å²) in [6.45, 7) is 0. The second-order valence-electron chi connectivity index (χ2n) is 5.58. The highest BCUT2D eigenvalue weighted by Crippen LogP contribution is 2.36. The van der Waals surface area contributed by atoms with Gasteiger partial charge in [0.05, 0.1) is 10.6 Å². The molecule has 5 nitrogen and oxygen atoms in total. The summed E-state index contributed by atoms with van der Waals surface area (Å²) < 4.78 is 44.4. The third kappa shape index (κ3) is 5.14. The Morgan fingerprint density at radius 2 is 1.61 bits per heavy atom. The predicted octanol–water partition coefficient (Wildman–Crippen LogP) is 6.19. The van der Waals surface area contributed by atoms with Gasteiger partial charge >= 0.3 is 12.2 Å². The van der Waals surface area contributed by atoms with E-state index in [0.717, 1.165) is 12.1 Å². The zero-order chi connectivity index (χ0) is 20.1. The van der Waals surface area contributed by atoms with Crippen molar-refractivity contribution in [3.8, 4) is 11.5 Å². The van der Waals surface area contributed by atoms with Gasteiger partial charge in [0.1, 0.15) is 11.5 Å². The van der Waals surface area contributed by atoms with Crippen molar-refractivity contribution in [3.05, 3.63) is 77.6 Å². The lowest BCUT2D eigenvalue weighted by molar-refractivity contribution is -0.137. The molecule has 0 unspecified atom stereocenters. The number of anilines is 2. The minimum atomic E-state index is -4.62. The number of carbonyl (C=O) groups excluding carboxylic acids is 1. The Balaban J connectivity index is 1.68. The maximum Gasteiger partial charge on any atom is 0.417 e. The first-order valence-electron chi connectivity index (χ1n) is 7.94. The van der Waals surface area contributed by atoms with Gasteiger partial charge in [-0.25, -0.2) is 4.79 Å². The average Bonchev–Trinajstić information content (AvgIpc) is 2.63. The van der Waals surface area contributed by atoms with Gasteiger partial charge in [-0.2, -0.15) is 13.2 Å². The molecule has 28 heavy (non-hydrogen) atoms. The Bertz CT molecular complexity index is 982. The highest BCUT2D eigenvalue weighted by atomic mass is 35.5. The van der Waals surface area contributed by atoms with Gasteiger partial charge in [0, 0.05) is 29.8 Å². The van der Waals surface area contributed by atoms with E-state index in [9.17, 15) is 18.0 Å². The highest BCUT2D eigenvalue weighted by Gasteiger charge is 2.33. The fourth-order valence-corrected chi connectivity index (χ4v) is 2.52. The SMILES string of the molecule is O=C(Nc1cccc(Oc2ccncc2)c1)Nc1ccc(Cl)c(C(F)(F)F)c1. The van der Waals surface area contributed by atoms with E-state index in [1.807, 2.05) is 0 Å². The van der Waals surface area contributed by atoms with Crippen molar-refractivity contribution < 1.29 is 22.7 Å². The van der Waals surface area contributed by atoms with E-state index >= 15 is 0 Å². The number of halogens is 4. The van der Waals surface area contributed by atoms with E-state index in [1.165, 1.54) is 6.07 Å². The molecule has 0 aliphatic heterocycles.